The Labute approximate surface area is 56.0 Å². The molecule has 1 aromatic rings. The van der Waals surface area contributed by atoms with Crippen LogP contribution in [-0.4, -0.2) is 16.6 Å². The van der Waals surface area contributed by atoms with Crippen molar-refractivity contribution < 1.29 is 9.90 Å². The molecule has 0 amide bonds. The Bertz CT molecular complexity index is 152. The van der Waals surface area contributed by atoms with E-state index in [4.69, 9.17) is 15.6 Å². The molecule has 0 atom stereocenters. The average molecular weight is 146 g/mol. The Morgan fingerprint density at radius 2 is 2.44 bits per heavy atom. The maximum atomic E-state index is 8.36. The number of rotatable bonds is 0. The van der Waals surface area contributed by atoms with Crippen LogP contribution in [0.5, 0.6) is 0 Å². The van der Waals surface area contributed by atoms with Crippen molar-refractivity contribution >= 4 is 22.9 Å². The first-order valence-corrected chi connectivity index (χ1v) is 2.92. The molecule has 0 aliphatic rings. The van der Waals surface area contributed by atoms with E-state index in [2.05, 4.69) is 4.98 Å². The summed E-state index contributed by atoms with van der Waals surface area (Å²) in [7, 11) is 0. The van der Waals surface area contributed by atoms with E-state index < -0.39 is 0 Å². The van der Waals surface area contributed by atoms with Crippen molar-refractivity contribution in [1.82, 2.24) is 4.98 Å². The number of thiazole rings is 1. The molecular weight excluding hydrogens is 140 g/mol. The van der Waals surface area contributed by atoms with Crippen LogP contribution in [-0.2, 0) is 4.79 Å². The van der Waals surface area contributed by atoms with Crippen LogP contribution >= 0.6 is 11.3 Å². The molecular formula is C4H6N2O2S. The number of nitrogens with two attached hydrogens (primary N) is 1. The SMILES string of the molecule is Nc1nccs1.O=CO. The van der Waals surface area contributed by atoms with E-state index in [0.29, 0.717) is 5.13 Å². The van der Waals surface area contributed by atoms with Crippen molar-refractivity contribution in [3.05, 3.63) is 11.6 Å². The Balaban J connectivity index is 0.000000187. The van der Waals surface area contributed by atoms with E-state index in [0.717, 1.165) is 0 Å². The highest BCUT2D eigenvalue weighted by Gasteiger charge is 1.76. The third kappa shape index (κ3) is 4.76. The number of hydrogen-bond acceptors (Lipinski definition) is 4. The van der Waals surface area contributed by atoms with Gasteiger partial charge < -0.3 is 10.8 Å². The maximum absolute atomic E-state index is 8.36. The molecule has 1 rings (SSSR count). The highest BCUT2D eigenvalue weighted by atomic mass is 32.1. The molecule has 50 valence electrons. The summed E-state index contributed by atoms with van der Waals surface area (Å²) in [6.07, 6.45) is 1.68. The van der Waals surface area contributed by atoms with Crippen molar-refractivity contribution in [3.8, 4) is 0 Å². The summed E-state index contributed by atoms with van der Waals surface area (Å²) in [5.74, 6) is 0. The summed E-state index contributed by atoms with van der Waals surface area (Å²) in [5.41, 5.74) is 5.19. The average Bonchev–Trinajstić information content (AvgIpc) is 2.20. The molecule has 0 bridgehead atoms. The van der Waals surface area contributed by atoms with Crippen LogP contribution in [0.3, 0.4) is 0 Å². The second-order valence-corrected chi connectivity index (χ2v) is 1.90. The largest absolute Gasteiger partial charge is 0.483 e. The van der Waals surface area contributed by atoms with E-state index in [1.807, 2.05) is 5.38 Å². The van der Waals surface area contributed by atoms with E-state index in [1.54, 1.807) is 6.20 Å². The highest BCUT2D eigenvalue weighted by Crippen LogP contribution is 2.02. The highest BCUT2D eigenvalue weighted by molar-refractivity contribution is 7.13. The molecule has 0 aromatic carbocycles. The fraction of sp³-hybridized carbons (Fsp3) is 0. The first kappa shape index (κ1) is 7.90. The second kappa shape index (κ2) is 5.04. The maximum Gasteiger partial charge on any atom is 0.290 e. The van der Waals surface area contributed by atoms with Gasteiger partial charge in [0.15, 0.2) is 5.13 Å². The molecule has 0 spiro atoms. The minimum atomic E-state index is -0.250. The monoisotopic (exact) mass is 146 g/mol. The number of anilines is 1. The summed E-state index contributed by atoms with van der Waals surface area (Å²) in [6.45, 7) is -0.250. The Morgan fingerprint density at radius 3 is 2.56 bits per heavy atom. The predicted molar refractivity (Wildman–Crippen MR) is 35.2 cm³/mol. The molecule has 9 heavy (non-hydrogen) atoms. The van der Waals surface area contributed by atoms with Gasteiger partial charge in [0, 0.05) is 11.6 Å². The zero-order valence-electron chi connectivity index (χ0n) is 4.52. The number of hydrogen-bond donors (Lipinski definition) is 2. The summed E-state index contributed by atoms with van der Waals surface area (Å²) in [5, 5.41) is 9.37. The molecule has 0 fully saturated rings. The van der Waals surface area contributed by atoms with Gasteiger partial charge >= 0.3 is 0 Å². The van der Waals surface area contributed by atoms with Crippen LogP contribution < -0.4 is 5.73 Å². The van der Waals surface area contributed by atoms with Gasteiger partial charge in [-0.25, -0.2) is 4.98 Å². The zero-order chi connectivity index (χ0) is 7.11. The molecule has 4 nitrogen and oxygen atoms in total. The second-order valence-electron chi connectivity index (χ2n) is 0.976. The molecule has 3 N–H and O–H groups in total. The number of carboxylic acid groups (broad SMARTS) is 1. The fourth-order valence-electron chi connectivity index (χ4n) is 0.234. The predicted octanol–water partition coefficient (Wildman–Crippen LogP) is 0.426. The van der Waals surface area contributed by atoms with Gasteiger partial charge in [-0.05, 0) is 0 Å². The Kier molecular flexibility index (Phi) is 4.43. The van der Waals surface area contributed by atoms with Crippen LogP contribution in [0.2, 0.25) is 0 Å². The lowest BCUT2D eigenvalue weighted by atomic mass is 11.0. The van der Waals surface area contributed by atoms with Gasteiger partial charge in [0.25, 0.3) is 6.47 Å². The topological polar surface area (TPSA) is 76.2 Å². The molecule has 0 aliphatic carbocycles. The Morgan fingerprint density at radius 1 is 1.89 bits per heavy atom. The summed E-state index contributed by atoms with van der Waals surface area (Å²) < 4.78 is 0. The molecule has 1 heterocycles. The van der Waals surface area contributed by atoms with E-state index in [1.165, 1.54) is 11.3 Å². The quantitative estimate of drug-likeness (QED) is 0.520. The van der Waals surface area contributed by atoms with Gasteiger partial charge in [0.05, 0.1) is 0 Å². The van der Waals surface area contributed by atoms with E-state index >= 15 is 0 Å². The van der Waals surface area contributed by atoms with Gasteiger partial charge in [0.2, 0.25) is 0 Å². The minimum Gasteiger partial charge on any atom is -0.483 e. The van der Waals surface area contributed by atoms with Crippen molar-refractivity contribution in [2.24, 2.45) is 0 Å². The molecule has 0 unspecified atom stereocenters. The minimum absolute atomic E-state index is 0.250. The van der Waals surface area contributed by atoms with Gasteiger partial charge in [-0.3, -0.25) is 4.79 Å². The van der Waals surface area contributed by atoms with E-state index in [9.17, 15) is 0 Å². The summed E-state index contributed by atoms with van der Waals surface area (Å²) >= 11 is 1.44. The van der Waals surface area contributed by atoms with Gasteiger partial charge in [-0.2, -0.15) is 0 Å². The lowest BCUT2D eigenvalue weighted by Gasteiger charge is -1.67. The number of carbonyl (C=O) groups is 1. The van der Waals surface area contributed by atoms with Crippen LogP contribution in [0.25, 0.3) is 0 Å². The molecule has 0 aliphatic heterocycles. The van der Waals surface area contributed by atoms with Crippen LogP contribution in [0.15, 0.2) is 11.6 Å². The molecule has 0 saturated heterocycles. The third-order valence-electron chi connectivity index (χ3n) is 0.451. The standard InChI is InChI=1S/C3H4N2S.CH2O2/c4-3-5-1-2-6-3;2-1-3/h1-2H,(H2,4,5);1H,(H,2,3). The third-order valence-corrected chi connectivity index (χ3v) is 1.06. The fourth-order valence-corrected chi connectivity index (χ4v) is 0.617. The summed E-state index contributed by atoms with van der Waals surface area (Å²) in [4.78, 5) is 12.1. The number of nitrogens with zero attached hydrogens (tertiary/aromatic N) is 1. The molecule has 0 radical (unpaired) electrons. The van der Waals surface area contributed by atoms with E-state index in [-0.39, 0.29) is 6.47 Å². The smallest absolute Gasteiger partial charge is 0.290 e. The summed E-state index contributed by atoms with van der Waals surface area (Å²) in [6, 6.07) is 0. The van der Waals surface area contributed by atoms with Crippen molar-refractivity contribution in [1.29, 1.82) is 0 Å². The lowest BCUT2D eigenvalue weighted by Crippen LogP contribution is -1.77. The number of aromatic nitrogens is 1. The lowest BCUT2D eigenvalue weighted by molar-refractivity contribution is -0.122. The zero-order valence-corrected chi connectivity index (χ0v) is 5.34. The van der Waals surface area contributed by atoms with Crippen LogP contribution in [0.4, 0.5) is 5.13 Å². The number of nitrogen functional groups attached to an aromatic ring is 1. The van der Waals surface area contributed by atoms with Crippen molar-refractivity contribution in [3.63, 3.8) is 0 Å². The van der Waals surface area contributed by atoms with Crippen LogP contribution in [0.1, 0.15) is 0 Å². The normalized spacial score (nSPS) is 7.11. The van der Waals surface area contributed by atoms with Gasteiger partial charge in [0.1, 0.15) is 0 Å². The van der Waals surface area contributed by atoms with Gasteiger partial charge in [-0.15, -0.1) is 11.3 Å². The van der Waals surface area contributed by atoms with Crippen molar-refractivity contribution in [2.75, 3.05) is 5.73 Å². The first-order valence-electron chi connectivity index (χ1n) is 2.04. The van der Waals surface area contributed by atoms with Crippen LogP contribution in [0, 0.1) is 0 Å². The molecule has 1 aromatic heterocycles. The van der Waals surface area contributed by atoms with Gasteiger partial charge in [-0.1, -0.05) is 0 Å². The molecule has 5 heteroatoms. The molecule has 0 saturated carbocycles. The van der Waals surface area contributed by atoms with Crippen molar-refractivity contribution in [2.45, 2.75) is 0 Å². The Hall–Kier alpha value is -1.10. The first-order chi connectivity index (χ1) is 4.31.